The van der Waals surface area contributed by atoms with E-state index in [0.29, 0.717) is 6.04 Å². The molecule has 1 aliphatic heterocycles. The minimum absolute atomic E-state index is 0.491. The van der Waals surface area contributed by atoms with Gasteiger partial charge in [-0.05, 0) is 31.6 Å². The van der Waals surface area contributed by atoms with E-state index in [-0.39, 0.29) is 0 Å². The number of likely N-dealkylation sites (N-methyl/N-ethyl adjacent to an activating group) is 1. The first-order chi connectivity index (χ1) is 7.27. The molecule has 0 aromatic heterocycles. The van der Waals surface area contributed by atoms with Crippen LogP contribution in [0, 0.1) is 0 Å². The van der Waals surface area contributed by atoms with Gasteiger partial charge in [-0.25, -0.2) is 0 Å². The standard InChI is InChI=1S/C12H17BrN2/c1-15-8-6-12(14-7-9-15)10-4-2-3-5-11(10)13/h2-5,12,14H,6-9H2,1H3. The highest BCUT2D eigenvalue weighted by atomic mass is 79.9. The van der Waals surface area contributed by atoms with E-state index in [1.807, 2.05) is 0 Å². The molecule has 82 valence electrons. The summed E-state index contributed by atoms with van der Waals surface area (Å²) in [5.41, 5.74) is 1.38. The van der Waals surface area contributed by atoms with Crippen LogP contribution in [0.4, 0.5) is 0 Å². The summed E-state index contributed by atoms with van der Waals surface area (Å²) in [4.78, 5) is 2.38. The van der Waals surface area contributed by atoms with E-state index in [1.165, 1.54) is 23.0 Å². The number of halogens is 1. The largest absolute Gasteiger partial charge is 0.309 e. The molecule has 1 atom stereocenters. The number of hydrogen-bond donors (Lipinski definition) is 1. The lowest BCUT2D eigenvalue weighted by Crippen LogP contribution is -2.25. The van der Waals surface area contributed by atoms with Gasteiger partial charge in [0.15, 0.2) is 0 Å². The van der Waals surface area contributed by atoms with Crippen LogP contribution < -0.4 is 5.32 Å². The maximum Gasteiger partial charge on any atom is 0.0344 e. The predicted molar refractivity (Wildman–Crippen MR) is 67.0 cm³/mol. The Bertz CT molecular complexity index is 327. The predicted octanol–water partition coefficient (Wildman–Crippen LogP) is 2.42. The van der Waals surface area contributed by atoms with E-state index in [9.17, 15) is 0 Å². The molecule has 0 spiro atoms. The quantitative estimate of drug-likeness (QED) is 0.842. The zero-order chi connectivity index (χ0) is 10.7. The second-order valence-corrected chi connectivity index (χ2v) is 4.97. The molecule has 2 rings (SSSR count). The van der Waals surface area contributed by atoms with Gasteiger partial charge in [-0.15, -0.1) is 0 Å². The van der Waals surface area contributed by atoms with Crippen LogP contribution in [0.15, 0.2) is 28.7 Å². The van der Waals surface area contributed by atoms with Crippen molar-refractivity contribution in [2.24, 2.45) is 0 Å². The topological polar surface area (TPSA) is 15.3 Å². The smallest absolute Gasteiger partial charge is 0.0344 e. The van der Waals surface area contributed by atoms with Crippen molar-refractivity contribution in [2.45, 2.75) is 12.5 Å². The van der Waals surface area contributed by atoms with Crippen LogP contribution in [0.25, 0.3) is 0 Å². The third kappa shape index (κ3) is 2.80. The van der Waals surface area contributed by atoms with E-state index in [2.05, 4.69) is 57.5 Å². The molecular formula is C12H17BrN2. The summed E-state index contributed by atoms with van der Waals surface area (Å²) in [6.45, 7) is 3.38. The van der Waals surface area contributed by atoms with Crippen molar-refractivity contribution in [1.29, 1.82) is 0 Å². The van der Waals surface area contributed by atoms with Crippen LogP contribution >= 0.6 is 15.9 Å². The van der Waals surface area contributed by atoms with Crippen molar-refractivity contribution in [1.82, 2.24) is 10.2 Å². The van der Waals surface area contributed by atoms with Gasteiger partial charge in [0.05, 0.1) is 0 Å². The Morgan fingerprint density at radius 2 is 2.13 bits per heavy atom. The normalized spacial score (nSPS) is 23.7. The molecule has 1 aliphatic rings. The van der Waals surface area contributed by atoms with E-state index in [4.69, 9.17) is 0 Å². The van der Waals surface area contributed by atoms with Crippen LogP contribution in [0.3, 0.4) is 0 Å². The zero-order valence-corrected chi connectivity index (χ0v) is 10.6. The van der Waals surface area contributed by atoms with Gasteiger partial charge in [-0.2, -0.15) is 0 Å². The summed E-state index contributed by atoms with van der Waals surface area (Å²) < 4.78 is 1.21. The first kappa shape index (κ1) is 11.1. The SMILES string of the molecule is CN1CCNC(c2ccccc2Br)CC1. The molecule has 2 nitrogen and oxygen atoms in total. The van der Waals surface area contributed by atoms with Crippen molar-refractivity contribution < 1.29 is 0 Å². The molecule has 1 fully saturated rings. The van der Waals surface area contributed by atoms with Gasteiger partial charge in [0.2, 0.25) is 0 Å². The number of nitrogens with zero attached hydrogens (tertiary/aromatic N) is 1. The van der Waals surface area contributed by atoms with Crippen LogP contribution in [-0.4, -0.2) is 31.6 Å². The van der Waals surface area contributed by atoms with Gasteiger partial charge in [0.25, 0.3) is 0 Å². The lowest BCUT2D eigenvalue weighted by Gasteiger charge is -2.17. The number of rotatable bonds is 1. The second-order valence-electron chi connectivity index (χ2n) is 4.12. The Balaban J connectivity index is 2.13. The van der Waals surface area contributed by atoms with Crippen molar-refractivity contribution in [2.75, 3.05) is 26.7 Å². The van der Waals surface area contributed by atoms with Gasteiger partial charge < -0.3 is 10.2 Å². The minimum atomic E-state index is 0.491. The van der Waals surface area contributed by atoms with E-state index < -0.39 is 0 Å². The van der Waals surface area contributed by atoms with Gasteiger partial charge in [-0.3, -0.25) is 0 Å². The van der Waals surface area contributed by atoms with Crippen LogP contribution in [0.5, 0.6) is 0 Å². The fourth-order valence-electron chi connectivity index (χ4n) is 2.02. The maximum atomic E-state index is 3.62. The minimum Gasteiger partial charge on any atom is -0.309 e. The monoisotopic (exact) mass is 268 g/mol. The molecule has 1 N–H and O–H groups in total. The van der Waals surface area contributed by atoms with E-state index in [1.54, 1.807) is 0 Å². The Labute approximate surface area is 99.8 Å². The van der Waals surface area contributed by atoms with E-state index in [0.717, 1.165) is 13.1 Å². The highest BCUT2D eigenvalue weighted by Gasteiger charge is 2.17. The van der Waals surface area contributed by atoms with Crippen LogP contribution in [0.2, 0.25) is 0 Å². The summed E-state index contributed by atoms with van der Waals surface area (Å²) in [6, 6.07) is 8.98. The molecule has 15 heavy (non-hydrogen) atoms. The maximum absolute atomic E-state index is 3.62. The lowest BCUT2D eigenvalue weighted by molar-refractivity contribution is 0.355. The van der Waals surface area contributed by atoms with E-state index >= 15 is 0 Å². The third-order valence-electron chi connectivity index (χ3n) is 2.96. The summed E-state index contributed by atoms with van der Waals surface area (Å²) in [6.07, 6.45) is 1.18. The molecular weight excluding hydrogens is 252 g/mol. The molecule has 3 heteroatoms. The zero-order valence-electron chi connectivity index (χ0n) is 9.04. The Morgan fingerprint density at radius 3 is 2.93 bits per heavy atom. The van der Waals surface area contributed by atoms with Crippen LogP contribution in [-0.2, 0) is 0 Å². The lowest BCUT2D eigenvalue weighted by atomic mass is 10.0. The summed E-state index contributed by atoms with van der Waals surface area (Å²) in [5.74, 6) is 0. The fourth-order valence-corrected chi connectivity index (χ4v) is 2.58. The number of benzene rings is 1. The highest BCUT2D eigenvalue weighted by Crippen LogP contribution is 2.26. The summed E-state index contributed by atoms with van der Waals surface area (Å²) >= 11 is 3.62. The first-order valence-electron chi connectivity index (χ1n) is 5.44. The van der Waals surface area contributed by atoms with Gasteiger partial charge in [0.1, 0.15) is 0 Å². The molecule has 0 radical (unpaired) electrons. The van der Waals surface area contributed by atoms with Crippen LogP contribution in [0.1, 0.15) is 18.0 Å². The molecule has 0 amide bonds. The summed E-state index contributed by atoms with van der Waals surface area (Å²) in [5, 5.41) is 3.60. The second kappa shape index (κ2) is 5.10. The van der Waals surface area contributed by atoms with Gasteiger partial charge in [-0.1, -0.05) is 34.1 Å². The molecule has 0 saturated carbocycles. The first-order valence-corrected chi connectivity index (χ1v) is 6.23. The summed E-state index contributed by atoms with van der Waals surface area (Å²) in [7, 11) is 2.18. The Morgan fingerprint density at radius 1 is 1.33 bits per heavy atom. The molecule has 1 heterocycles. The Hall–Kier alpha value is -0.380. The average Bonchev–Trinajstić information content (AvgIpc) is 2.44. The fraction of sp³-hybridized carbons (Fsp3) is 0.500. The molecule has 0 aliphatic carbocycles. The van der Waals surface area contributed by atoms with Crippen molar-refractivity contribution in [3.8, 4) is 0 Å². The van der Waals surface area contributed by atoms with Gasteiger partial charge >= 0.3 is 0 Å². The van der Waals surface area contributed by atoms with Crippen molar-refractivity contribution in [3.05, 3.63) is 34.3 Å². The Kier molecular flexibility index (Phi) is 3.78. The number of nitrogens with one attached hydrogen (secondary N) is 1. The van der Waals surface area contributed by atoms with Crippen molar-refractivity contribution >= 4 is 15.9 Å². The van der Waals surface area contributed by atoms with Gasteiger partial charge in [0, 0.05) is 23.6 Å². The molecule has 1 saturated heterocycles. The highest BCUT2D eigenvalue weighted by molar-refractivity contribution is 9.10. The van der Waals surface area contributed by atoms with Crippen molar-refractivity contribution in [3.63, 3.8) is 0 Å². The number of hydrogen-bond acceptors (Lipinski definition) is 2. The average molecular weight is 269 g/mol. The molecule has 1 unspecified atom stereocenters. The third-order valence-corrected chi connectivity index (χ3v) is 3.69. The molecule has 0 bridgehead atoms. The molecule has 1 aromatic carbocycles. The molecule has 1 aromatic rings.